The Morgan fingerprint density at radius 3 is 2.82 bits per heavy atom. The molecule has 17 heavy (non-hydrogen) atoms. The summed E-state index contributed by atoms with van der Waals surface area (Å²) >= 11 is 8.70. The molecular formula is C12H10ClNOS2. The molecule has 0 saturated carbocycles. The van der Waals surface area contributed by atoms with Gasteiger partial charge in [0.15, 0.2) is 0 Å². The number of benzene rings is 1. The van der Waals surface area contributed by atoms with Crippen LogP contribution in [0.25, 0.3) is 0 Å². The molecule has 1 aromatic heterocycles. The first-order chi connectivity index (χ1) is 8.19. The summed E-state index contributed by atoms with van der Waals surface area (Å²) in [6, 6.07) is 11.2. The van der Waals surface area contributed by atoms with Crippen molar-refractivity contribution in [1.82, 2.24) is 0 Å². The monoisotopic (exact) mass is 283 g/mol. The minimum Gasteiger partial charge on any atom is -0.321 e. The van der Waals surface area contributed by atoms with Gasteiger partial charge in [-0.15, -0.1) is 23.1 Å². The SMILES string of the molecule is CSc1cccc(NC(=O)c2ccc(Cl)s2)c1. The van der Waals surface area contributed by atoms with E-state index >= 15 is 0 Å². The third-order valence-electron chi connectivity index (χ3n) is 2.12. The average molecular weight is 284 g/mol. The normalized spacial score (nSPS) is 10.2. The zero-order valence-corrected chi connectivity index (χ0v) is 11.5. The Morgan fingerprint density at radius 1 is 1.35 bits per heavy atom. The van der Waals surface area contributed by atoms with E-state index < -0.39 is 0 Å². The van der Waals surface area contributed by atoms with E-state index in [-0.39, 0.29) is 5.91 Å². The highest BCUT2D eigenvalue weighted by molar-refractivity contribution is 7.98. The minimum absolute atomic E-state index is 0.125. The second-order valence-corrected chi connectivity index (χ2v) is 5.88. The maximum atomic E-state index is 11.9. The molecule has 1 aromatic carbocycles. The standard InChI is InChI=1S/C12H10ClNOS2/c1-16-9-4-2-3-8(7-9)14-12(15)10-5-6-11(13)17-10/h2-7H,1H3,(H,14,15). The van der Waals surface area contributed by atoms with E-state index in [0.29, 0.717) is 9.21 Å². The van der Waals surface area contributed by atoms with E-state index in [2.05, 4.69) is 5.32 Å². The molecule has 0 fully saturated rings. The Bertz CT molecular complexity index is 539. The van der Waals surface area contributed by atoms with Crippen molar-refractivity contribution in [1.29, 1.82) is 0 Å². The molecule has 0 aliphatic carbocycles. The summed E-state index contributed by atoms with van der Waals surface area (Å²) in [5, 5.41) is 2.85. The van der Waals surface area contributed by atoms with Crippen LogP contribution in [0.1, 0.15) is 9.67 Å². The minimum atomic E-state index is -0.125. The van der Waals surface area contributed by atoms with Crippen molar-refractivity contribution in [3.8, 4) is 0 Å². The smallest absolute Gasteiger partial charge is 0.265 e. The zero-order valence-electron chi connectivity index (χ0n) is 9.07. The van der Waals surface area contributed by atoms with Crippen LogP contribution in [0.5, 0.6) is 0 Å². The molecule has 0 spiro atoms. The number of hydrogen-bond acceptors (Lipinski definition) is 3. The number of amides is 1. The van der Waals surface area contributed by atoms with E-state index in [4.69, 9.17) is 11.6 Å². The molecule has 1 N–H and O–H groups in total. The van der Waals surface area contributed by atoms with Gasteiger partial charge in [-0.1, -0.05) is 17.7 Å². The molecule has 1 heterocycles. The summed E-state index contributed by atoms with van der Waals surface area (Å²) in [6.45, 7) is 0. The van der Waals surface area contributed by atoms with Gasteiger partial charge in [-0.25, -0.2) is 0 Å². The Labute approximate surface area is 113 Å². The maximum Gasteiger partial charge on any atom is 0.265 e. The van der Waals surface area contributed by atoms with E-state index in [1.165, 1.54) is 11.3 Å². The van der Waals surface area contributed by atoms with Gasteiger partial charge >= 0.3 is 0 Å². The van der Waals surface area contributed by atoms with Crippen LogP contribution in [-0.2, 0) is 0 Å². The first-order valence-electron chi connectivity index (χ1n) is 4.90. The molecule has 0 atom stereocenters. The molecule has 5 heteroatoms. The highest BCUT2D eigenvalue weighted by Crippen LogP contribution is 2.23. The summed E-state index contributed by atoms with van der Waals surface area (Å²) in [4.78, 5) is 13.6. The molecule has 1 amide bonds. The third kappa shape index (κ3) is 3.25. The van der Waals surface area contributed by atoms with Crippen molar-refractivity contribution >= 4 is 46.3 Å². The largest absolute Gasteiger partial charge is 0.321 e. The second-order valence-electron chi connectivity index (χ2n) is 3.29. The van der Waals surface area contributed by atoms with Crippen LogP contribution in [0.4, 0.5) is 5.69 Å². The van der Waals surface area contributed by atoms with Gasteiger partial charge < -0.3 is 5.32 Å². The van der Waals surface area contributed by atoms with Crippen LogP contribution in [0.3, 0.4) is 0 Å². The lowest BCUT2D eigenvalue weighted by atomic mass is 10.3. The van der Waals surface area contributed by atoms with Gasteiger partial charge in [0.2, 0.25) is 0 Å². The third-order valence-corrected chi connectivity index (χ3v) is 4.08. The summed E-state index contributed by atoms with van der Waals surface area (Å²) in [6.07, 6.45) is 2.00. The second kappa shape index (κ2) is 5.58. The van der Waals surface area contributed by atoms with Crippen LogP contribution >= 0.6 is 34.7 Å². The van der Waals surface area contributed by atoms with E-state index in [1.54, 1.807) is 23.9 Å². The molecule has 2 aromatic rings. The first-order valence-corrected chi connectivity index (χ1v) is 7.31. The highest BCUT2D eigenvalue weighted by atomic mass is 35.5. The van der Waals surface area contributed by atoms with Crippen molar-refractivity contribution in [3.63, 3.8) is 0 Å². The Morgan fingerprint density at radius 2 is 2.18 bits per heavy atom. The number of thioether (sulfide) groups is 1. The molecule has 0 saturated heterocycles. The van der Waals surface area contributed by atoms with Crippen molar-refractivity contribution in [2.75, 3.05) is 11.6 Å². The van der Waals surface area contributed by atoms with Gasteiger partial charge in [-0.3, -0.25) is 4.79 Å². The molecule has 88 valence electrons. The van der Waals surface area contributed by atoms with Crippen LogP contribution in [0, 0.1) is 0 Å². The number of carbonyl (C=O) groups excluding carboxylic acids is 1. The molecule has 0 radical (unpaired) electrons. The predicted molar refractivity (Wildman–Crippen MR) is 75.5 cm³/mol. The van der Waals surface area contributed by atoms with Gasteiger partial charge in [-0.2, -0.15) is 0 Å². The maximum absolute atomic E-state index is 11.9. The molecule has 2 nitrogen and oxygen atoms in total. The Balaban J connectivity index is 2.12. The van der Waals surface area contributed by atoms with Crippen LogP contribution < -0.4 is 5.32 Å². The summed E-state index contributed by atoms with van der Waals surface area (Å²) < 4.78 is 0.619. The van der Waals surface area contributed by atoms with E-state index in [9.17, 15) is 4.79 Å². The Hall–Kier alpha value is -0.970. The van der Waals surface area contributed by atoms with Gasteiger partial charge in [0.25, 0.3) is 5.91 Å². The first kappa shape index (κ1) is 12.5. The van der Waals surface area contributed by atoms with Gasteiger partial charge in [0.05, 0.1) is 9.21 Å². The number of hydrogen-bond donors (Lipinski definition) is 1. The quantitative estimate of drug-likeness (QED) is 0.847. The van der Waals surface area contributed by atoms with E-state index in [1.807, 2.05) is 30.5 Å². The molecular weight excluding hydrogens is 274 g/mol. The van der Waals surface area contributed by atoms with Crippen molar-refractivity contribution in [2.45, 2.75) is 4.90 Å². The lowest BCUT2D eigenvalue weighted by molar-refractivity contribution is 0.103. The molecule has 2 rings (SSSR count). The Kier molecular flexibility index (Phi) is 4.10. The average Bonchev–Trinajstić information content (AvgIpc) is 2.76. The number of nitrogens with one attached hydrogen (secondary N) is 1. The number of anilines is 1. The summed E-state index contributed by atoms with van der Waals surface area (Å²) in [5.74, 6) is -0.125. The van der Waals surface area contributed by atoms with Crippen molar-refractivity contribution < 1.29 is 4.79 Å². The van der Waals surface area contributed by atoms with Crippen LogP contribution in [0.15, 0.2) is 41.3 Å². The molecule has 0 bridgehead atoms. The fourth-order valence-corrected chi connectivity index (χ4v) is 2.73. The summed E-state index contributed by atoms with van der Waals surface area (Å²) in [5.41, 5.74) is 0.798. The molecule has 0 aliphatic rings. The van der Waals surface area contributed by atoms with E-state index in [0.717, 1.165) is 10.6 Å². The van der Waals surface area contributed by atoms with Gasteiger partial charge in [-0.05, 0) is 36.6 Å². The number of rotatable bonds is 3. The topological polar surface area (TPSA) is 29.1 Å². The fourth-order valence-electron chi connectivity index (χ4n) is 1.33. The van der Waals surface area contributed by atoms with Gasteiger partial charge in [0, 0.05) is 10.6 Å². The highest BCUT2D eigenvalue weighted by Gasteiger charge is 2.08. The van der Waals surface area contributed by atoms with Crippen LogP contribution in [0.2, 0.25) is 4.34 Å². The van der Waals surface area contributed by atoms with Crippen LogP contribution in [-0.4, -0.2) is 12.2 Å². The number of carbonyl (C=O) groups is 1. The molecule has 0 unspecified atom stereocenters. The predicted octanol–water partition coefficient (Wildman–Crippen LogP) is 4.38. The van der Waals surface area contributed by atoms with Crippen molar-refractivity contribution in [3.05, 3.63) is 45.6 Å². The number of thiophene rings is 1. The number of halogens is 1. The van der Waals surface area contributed by atoms with Crippen molar-refractivity contribution in [2.24, 2.45) is 0 Å². The zero-order chi connectivity index (χ0) is 12.3. The fraction of sp³-hybridized carbons (Fsp3) is 0.0833. The lowest BCUT2D eigenvalue weighted by Gasteiger charge is -2.04. The molecule has 0 aliphatic heterocycles. The summed E-state index contributed by atoms with van der Waals surface area (Å²) in [7, 11) is 0. The van der Waals surface area contributed by atoms with Gasteiger partial charge in [0.1, 0.15) is 0 Å². The lowest BCUT2D eigenvalue weighted by Crippen LogP contribution is -2.09.